The number of nitrogens with zero attached hydrogens (tertiary/aromatic N) is 2. The second-order valence-electron chi connectivity index (χ2n) is 6.62. The van der Waals surface area contributed by atoms with Crippen LogP contribution in [0.2, 0.25) is 0 Å². The summed E-state index contributed by atoms with van der Waals surface area (Å²) in [5, 5.41) is 4.20. The Kier molecular flexibility index (Phi) is 4.96. The molecular weight excluding hydrogens is 308 g/mol. The van der Waals surface area contributed by atoms with E-state index in [9.17, 15) is 0 Å². The first-order valence-electron chi connectivity index (χ1n) is 8.82. The third-order valence-electron chi connectivity index (χ3n) is 4.68. The number of hydrogen-bond acceptors (Lipinski definition) is 6. The minimum atomic E-state index is 0.322. The molecule has 2 saturated heterocycles. The smallest absolute Gasteiger partial charge is 0.202 e. The van der Waals surface area contributed by atoms with E-state index in [0.29, 0.717) is 23.7 Å². The summed E-state index contributed by atoms with van der Waals surface area (Å²) in [5.74, 6) is 1.38. The zero-order valence-corrected chi connectivity index (χ0v) is 13.9. The van der Waals surface area contributed by atoms with Gasteiger partial charge >= 0.3 is 0 Å². The Morgan fingerprint density at radius 2 is 1.79 bits per heavy atom. The first-order valence-corrected chi connectivity index (χ1v) is 8.82. The molecule has 0 spiro atoms. The SMILES string of the molecule is c1coc(-c2cc(CN(C[C@H]3CCCO3)C[C@H]3CCCO3)no2)c1. The highest BCUT2D eigenvalue weighted by atomic mass is 16.5. The molecule has 0 unspecified atom stereocenters. The van der Waals surface area contributed by atoms with E-state index in [1.807, 2.05) is 18.2 Å². The Morgan fingerprint density at radius 1 is 1.04 bits per heavy atom. The third kappa shape index (κ3) is 3.88. The van der Waals surface area contributed by atoms with Gasteiger partial charge in [-0.1, -0.05) is 5.16 Å². The molecule has 4 heterocycles. The molecule has 0 radical (unpaired) electrons. The maximum atomic E-state index is 5.81. The second kappa shape index (κ2) is 7.51. The summed E-state index contributed by atoms with van der Waals surface area (Å²) in [6.07, 6.45) is 6.87. The van der Waals surface area contributed by atoms with Crippen LogP contribution in [-0.4, -0.2) is 48.6 Å². The van der Waals surface area contributed by atoms with Crippen LogP contribution in [0.15, 0.2) is 33.4 Å². The van der Waals surface area contributed by atoms with Gasteiger partial charge in [-0.25, -0.2) is 0 Å². The van der Waals surface area contributed by atoms with Gasteiger partial charge in [0, 0.05) is 38.9 Å². The van der Waals surface area contributed by atoms with Crippen molar-refractivity contribution in [1.82, 2.24) is 10.1 Å². The summed E-state index contributed by atoms with van der Waals surface area (Å²) in [5.41, 5.74) is 0.914. The number of rotatable bonds is 7. The van der Waals surface area contributed by atoms with Crippen molar-refractivity contribution in [2.24, 2.45) is 0 Å². The van der Waals surface area contributed by atoms with Crippen LogP contribution in [0, 0.1) is 0 Å². The van der Waals surface area contributed by atoms with E-state index in [1.54, 1.807) is 6.26 Å². The molecule has 2 aromatic rings. The quantitative estimate of drug-likeness (QED) is 0.776. The van der Waals surface area contributed by atoms with E-state index in [1.165, 1.54) is 0 Å². The van der Waals surface area contributed by atoms with E-state index in [4.69, 9.17) is 18.4 Å². The molecule has 6 nitrogen and oxygen atoms in total. The zero-order chi connectivity index (χ0) is 16.2. The van der Waals surface area contributed by atoms with E-state index in [-0.39, 0.29) is 0 Å². The monoisotopic (exact) mass is 332 g/mol. The molecule has 0 amide bonds. The maximum absolute atomic E-state index is 5.81. The van der Waals surface area contributed by atoms with Crippen molar-refractivity contribution in [2.45, 2.75) is 44.4 Å². The van der Waals surface area contributed by atoms with Crippen LogP contribution in [0.3, 0.4) is 0 Å². The Labute approximate surface area is 141 Å². The average Bonchev–Trinajstić information content (AvgIpc) is 3.37. The Balaban J connectivity index is 1.41. The summed E-state index contributed by atoms with van der Waals surface area (Å²) in [6.45, 7) is 4.34. The lowest BCUT2D eigenvalue weighted by atomic mass is 10.2. The Bertz CT molecular complexity index is 595. The van der Waals surface area contributed by atoms with Gasteiger partial charge in [-0.05, 0) is 37.8 Å². The van der Waals surface area contributed by atoms with E-state index in [2.05, 4.69) is 10.1 Å². The van der Waals surface area contributed by atoms with Gasteiger partial charge in [0.15, 0.2) is 5.76 Å². The summed E-state index contributed by atoms with van der Waals surface area (Å²) in [7, 11) is 0. The molecular formula is C18H24N2O4. The molecule has 130 valence electrons. The lowest BCUT2D eigenvalue weighted by molar-refractivity contribution is 0.0338. The van der Waals surface area contributed by atoms with Gasteiger partial charge in [0.05, 0.1) is 24.2 Å². The fourth-order valence-electron chi connectivity index (χ4n) is 3.51. The Hall–Kier alpha value is -1.63. The molecule has 2 aromatic heterocycles. The van der Waals surface area contributed by atoms with Gasteiger partial charge in [-0.2, -0.15) is 0 Å². The van der Waals surface area contributed by atoms with Crippen molar-refractivity contribution >= 4 is 0 Å². The lowest BCUT2D eigenvalue weighted by Gasteiger charge is -2.26. The lowest BCUT2D eigenvalue weighted by Crippen LogP contribution is -2.37. The molecule has 2 aliphatic heterocycles. The van der Waals surface area contributed by atoms with Crippen molar-refractivity contribution in [3.63, 3.8) is 0 Å². The maximum Gasteiger partial charge on any atom is 0.202 e. The molecule has 0 aromatic carbocycles. The van der Waals surface area contributed by atoms with Crippen molar-refractivity contribution in [2.75, 3.05) is 26.3 Å². The van der Waals surface area contributed by atoms with Crippen molar-refractivity contribution in [3.05, 3.63) is 30.2 Å². The molecule has 0 bridgehead atoms. The highest BCUT2D eigenvalue weighted by Gasteiger charge is 2.25. The predicted octanol–water partition coefficient (Wildman–Crippen LogP) is 3.09. The summed E-state index contributed by atoms with van der Waals surface area (Å²) >= 11 is 0. The molecule has 2 fully saturated rings. The number of hydrogen-bond donors (Lipinski definition) is 0. The summed E-state index contributed by atoms with van der Waals surface area (Å²) < 4.78 is 22.4. The van der Waals surface area contributed by atoms with Crippen LogP contribution in [0.25, 0.3) is 11.5 Å². The van der Waals surface area contributed by atoms with Crippen molar-refractivity contribution < 1.29 is 18.4 Å². The minimum Gasteiger partial charge on any atom is -0.461 e. The number of ether oxygens (including phenoxy) is 2. The first-order chi connectivity index (χ1) is 11.9. The molecule has 0 N–H and O–H groups in total. The fourth-order valence-corrected chi connectivity index (χ4v) is 3.51. The fraction of sp³-hybridized carbons (Fsp3) is 0.611. The minimum absolute atomic E-state index is 0.322. The van der Waals surface area contributed by atoms with E-state index >= 15 is 0 Å². The third-order valence-corrected chi connectivity index (χ3v) is 4.68. The highest BCUT2D eigenvalue weighted by molar-refractivity contribution is 5.49. The van der Waals surface area contributed by atoms with Gasteiger partial charge in [-0.15, -0.1) is 0 Å². The first kappa shape index (κ1) is 15.9. The van der Waals surface area contributed by atoms with Crippen LogP contribution in [0.4, 0.5) is 0 Å². The van der Waals surface area contributed by atoms with Crippen LogP contribution >= 0.6 is 0 Å². The molecule has 2 atom stereocenters. The number of furan rings is 1. The second-order valence-corrected chi connectivity index (χ2v) is 6.62. The van der Waals surface area contributed by atoms with Crippen molar-refractivity contribution in [1.29, 1.82) is 0 Å². The van der Waals surface area contributed by atoms with Crippen LogP contribution < -0.4 is 0 Å². The molecule has 6 heteroatoms. The molecule has 0 aliphatic carbocycles. The van der Waals surface area contributed by atoms with Crippen molar-refractivity contribution in [3.8, 4) is 11.5 Å². The van der Waals surface area contributed by atoms with Gasteiger partial charge in [0.1, 0.15) is 0 Å². The van der Waals surface area contributed by atoms with Gasteiger partial charge in [-0.3, -0.25) is 4.90 Å². The normalized spacial score (nSPS) is 24.2. The Morgan fingerprint density at radius 3 is 2.38 bits per heavy atom. The predicted molar refractivity (Wildman–Crippen MR) is 87.4 cm³/mol. The van der Waals surface area contributed by atoms with E-state index < -0.39 is 0 Å². The van der Waals surface area contributed by atoms with Crippen LogP contribution in [0.5, 0.6) is 0 Å². The topological polar surface area (TPSA) is 60.9 Å². The zero-order valence-electron chi connectivity index (χ0n) is 13.9. The molecule has 4 rings (SSSR count). The average molecular weight is 332 g/mol. The summed E-state index contributed by atoms with van der Waals surface area (Å²) in [6, 6.07) is 5.68. The largest absolute Gasteiger partial charge is 0.461 e. The molecule has 0 saturated carbocycles. The highest BCUT2D eigenvalue weighted by Crippen LogP contribution is 2.23. The number of aromatic nitrogens is 1. The van der Waals surface area contributed by atoms with Crippen LogP contribution in [0.1, 0.15) is 31.4 Å². The van der Waals surface area contributed by atoms with Gasteiger partial charge in [0.25, 0.3) is 0 Å². The van der Waals surface area contributed by atoms with Gasteiger partial charge in [0.2, 0.25) is 5.76 Å². The molecule has 2 aliphatic rings. The van der Waals surface area contributed by atoms with Gasteiger partial charge < -0.3 is 18.4 Å². The van der Waals surface area contributed by atoms with E-state index in [0.717, 1.165) is 64.2 Å². The summed E-state index contributed by atoms with van der Waals surface area (Å²) in [4.78, 5) is 2.38. The standard InChI is InChI=1S/C18H24N2O4/c1-4-15(21-7-1)12-20(13-16-5-2-8-22-16)11-14-10-18(24-19-14)17-6-3-9-23-17/h3,6,9-10,15-16H,1-2,4-5,7-8,11-13H2/t15-,16-/m1/s1. The van der Waals surface area contributed by atoms with Crippen LogP contribution in [-0.2, 0) is 16.0 Å². The molecule has 24 heavy (non-hydrogen) atoms.